The van der Waals surface area contributed by atoms with E-state index >= 15 is 0 Å². The largest absolute Gasteiger partial charge is 0.497 e. The molecule has 3 heteroatoms. The molecular weight excluding hydrogens is 471 g/mol. The van der Waals surface area contributed by atoms with Gasteiger partial charge in [-0.1, -0.05) is 109 Å². The Morgan fingerprint density at radius 3 is 1.68 bits per heavy atom. The van der Waals surface area contributed by atoms with Gasteiger partial charge in [-0.2, -0.15) is 0 Å². The normalized spacial score (nSPS) is 11.9. The predicted octanol–water partition coefficient (Wildman–Crippen LogP) is 7.44. The Morgan fingerprint density at radius 1 is 0.459 bits per heavy atom. The van der Waals surface area contributed by atoms with Gasteiger partial charge in [-0.05, 0) is 63.6 Å². The summed E-state index contributed by atoms with van der Waals surface area (Å²) in [6.07, 6.45) is 0. The van der Waals surface area contributed by atoms with E-state index in [0.717, 1.165) is 17.1 Å². The molecule has 0 spiro atoms. The van der Waals surface area contributed by atoms with Crippen LogP contribution in [0.5, 0.6) is 11.5 Å². The summed E-state index contributed by atoms with van der Waals surface area (Å²) in [5, 5.41) is 8.72. The lowest BCUT2D eigenvalue weighted by molar-refractivity contribution is 0.415. The number of methoxy groups -OCH3 is 2. The first-order valence-corrected chi connectivity index (χ1v) is 13.7. The van der Waals surface area contributed by atoms with Crippen molar-refractivity contribution in [3.63, 3.8) is 0 Å². The molecule has 0 amide bonds. The summed E-state index contributed by atoms with van der Waals surface area (Å²) in [6.45, 7) is 0. The van der Waals surface area contributed by atoms with Crippen molar-refractivity contribution in [3.8, 4) is 22.6 Å². The van der Waals surface area contributed by atoms with Gasteiger partial charge >= 0.3 is 0 Å². The molecule has 0 aliphatic rings. The Hall–Kier alpha value is -4.13. The lowest BCUT2D eigenvalue weighted by atomic mass is 9.93. The van der Waals surface area contributed by atoms with Gasteiger partial charge in [0.1, 0.15) is 11.5 Å². The summed E-state index contributed by atoms with van der Waals surface area (Å²) in [4.78, 5) is 0. The zero-order chi connectivity index (χ0) is 25.2. The van der Waals surface area contributed by atoms with Crippen LogP contribution in [-0.2, 0) is 0 Å². The number of fused-ring (bicyclic) bond motifs is 2. The maximum absolute atomic E-state index is 6.02. The zero-order valence-electron chi connectivity index (χ0n) is 20.9. The molecule has 0 aliphatic carbocycles. The number of benzene rings is 6. The van der Waals surface area contributed by atoms with Gasteiger partial charge in [-0.3, -0.25) is 0 Å². The molecule has 0 aliphatic heterocycles. The van der Waals surface area contributed by atoms with Gasteiger partial charge < -0.3 is 9.47 Å². The molecule has 6 aromatic rings. The van der Waals surface area contributed by atoms with E-state index in [9.17, 15) is 0 Å². The SMILES string of the molecule is COc1ccc(P(c2ccccc2)c2ccc3ccccc3c2-c2c(OC)ccc3ccccc23)cc1. The van der Waals surface area contributed by atoms with Crippen LogP contribution >= 0.6 is 7.92 Å². The number of hydrogen-bond acceptors (Lipinski definition) is 2. The maximum Gasteiger partial charge on any atom is 0.127 e. The highest BCUT2D eigenvalue weighted by atomic mass is 31.1. The van der Waals surface area contributed by atoms with Crippen molar-refractivity contribution < 1.29 is 9.47 Å². The first-order valence-electron chi connectivity index (χ1n) is 12.4. The van der Waals surface area contributed by atoms with Crippen molar-refractivity contribution in [1.82, 2.24) is 0 Å². The molecule has 0 bridgehead atoms. The molecule has 0 heterocycles. The number of ether oxygens (including phenoxy) is 2. The van der Waals surface area contributed by atoms with Crippen LogP contribution in [0.25, 0.3) is 32.7 Å². The lowest BCUT2D eigenvalue weighted by Gasteiger charge is -2.25. The summed E-state index contributed by atoms with van der Waals surface area (Å²) < 4.78 is 11.5. The molecule has 0 N–H and O–H groups in total. The van der Waals surface area contributed by atoms with Gasteiger partial charge in [0, 0.05) is 11.1 Å². The molecule has 6 aromatic carbocycles. The van der Waals surface area contributed by atoms with E-state index in [1.54, 1.807) is 14.2 Å². The van der Waals surface area contributed by atoms with Crippen molar-refractivity contribution >= 4 is 45.4 Å². The van der Waals surface area contributed by atoms with E-state index in [1.807, 2.05) is 0 Å². The molecule has 0 saturated carbocycles. The minimum Gasteiger partial charge on any atom is -0.497 e. The quantitative estimate of drug-likeness (QED) is 0.222. The smallest absolute Gasteiger partial charge is 0.127 e. The van der Waals surface area contributed by atoms with Gasteiger partial charge in [-0.25, -0.2) is 0 Å². The third-order valence-corrected chi connectivity index (χ3v) is 9.34. The Morgan fingerprint density at radius 2 is 1.03 bits per heavy atom. The molecule has 1 atom stereocenters. The minimum absolute atomic E-state index is 0.862. The van der Waals surface area contributed by atoms with Gasteiger partial charge in [0.2, 0.25) is 0 Å². The van der Waals surface area contributed by atoms with E-state index in [2.05, 4.69) is 127 Å². The number of rotatable bonds is 6. The highest BCUT2D eigenvalue weighted by Crippen LogP contribution is 2.45. The van der Waals surface area contributed by atoms with Crippen molar-refractivity contribution in [1.29, 1.82) is 0 Å². The van der Waals surface area contributed by atoms with Gasteiger partial charge in [0.25, 0.3) is 0 Å². The standard InChI is InChI=1S/C34H27O2P/c1-35-26-18-20-28(21-19-26)37(27-12-4-3-5-13-27)32-23-17-25-11-7-9-15-30(25)34(32)33-29-14-8-6-10-24(29)16-22-31(33)36-2/h3-23H,1-2H3. The molecule has 6 rings (SSSR count). The molecular formula is C34H27O2P. The Balaban J connectivity index is 1.74. The lowest BCUT2D eigenvalue weighted by Crippen LogP contribution is -2.22. The predicted molar refractivity (Wildman–Crippen MR) is 159 cm³/mol. The summed E-state index contributed by atoms with van der Waals surface area (Å²) in [7, 11) is 2.61. The fourth-order valence-corrected chi connectivity index (χ4v) is 7.58. The summed E-state index contributed by atoms with van der Waals surface area (Å²) in [5.41, 5.74) is 2.38. The van der Waals surface area contributed by atoms with Crippen molar-refractivity contribution in [2.45, 2.75) is 0 Å². The average molecular weight is 499 g/mol. The maximum atomic E-state index is 6.02. The van der Waals surface area contributed by atoms with Crippen LogP contribution in [0.4, 0.5) is 0 Å². The third-order valence-electron chi connectivity index (χ3n) is 6.85. The molecule has 0 fully saturated rings. The second kappa shape index (κ2) is 10.1. The topological polar surface area (TPSA) is 18.5 Å². The number of hydrogen-bond donors (Lipinski definition) is 0. The Kier molecular flexibility index (Phi) is 6.35. The van der Waals surface area contributed by atoms with Crippen molar-refractivity contribution in [2.75, 3.05) is 14.2 Å². The van der Waals surface area contributed by atoms with E-state index in [4.69, 9.17) is 9.47 Å². The molecule has 37 heavy (non-hydrogen) atoms. The van der Waals surface area contributed by atoms with E-state index in [1.165, 1.54) is 43.0 Å². The summed E-state index contributed by atoms with van der Waals surface area (Å²) in [5.74, 6) is 1.75. The second-order valence-corrected chi connectivity index (χ2v) is 11.1. The van der Waals surface area contributed by atoms with E-state index in [0.29, 0.717) is 0 Å². The summed E-state index contributed by atoms with van der Waals surface area (Å²) >= 11 is 0. The van der Waals surface area contributed by atoms with Crippen LogP contribution in [0, 0.1) is 0 Å². The Bertz CT molecular complexity index is 1690. The summed E-state index contributed by atoms with van der Waals surface area (Å²) in [6, 6.07) is 45.4. The van der Waals surface area contributed by atoms with E-state index in [-0.39, 0.29) is 0 Å². The monoisotopic (exact) mass is 498 g/mol. The molecule has 180 valence electrons. The van der Waals surface area contributed by atoms with E-state index < -0.39 is 7.92 Å². The van der Waals surface area contributed by atoms with Gasteiger partial charge in [-0.15, -0.1) is 0 Å². The molecule has 0 aromatic heterocycles. The fraction of sp³-hybridized carbons (Fsp3) is 0.0588. The van der Waals surface area contributed by atoms with Crippen LogP contribution in [-0.4, -0.2) is 14.2 Å². The fourth-order valence-electron chi connectivity index (χ4n) is 5.12. The first-order chi connectivity index (χ1) is 18.3. The van der Waals surface area contributed by atoms with Gasteiger partial charge in [0.15, 0.2) is 0 Å². The molecule has 0 saturated heterocycles. The zero-order valence-corrected chi connectivity index (χ0v) is 21.8. The minimum atomic E-state index is -0.865. The Labute approximate surface area is 218 Å². The van der Waals surface area contributed by atoms with Crippen LogP contribution in [0.15, 0.2) is 127 Å². The third kappa shape index (κ3) is 4.24. The van der Waals surface area contributed by atoms with Crippen molar-refractivity contribution in [2.24, 2.45) is 0 Å². The first kappa shape index (κ1) is 23.3. The highest BCUT2D eigenvalue weighted by Gasteiger charge is 2.25. The molecule has 1 unspecified atom stereocenters. The van der Waals surface area contributed by atoms with Crippen molar-refractivity contribution in [3.05, 3.63) is 127 Å². The van der Waals surface area contributed by atoms with Crippen LogP contribution in [0.3, 0.4) is 0 Å². The van der Waals surface area contributed by atoms with Crippen LogP contribution in [0.2, 0.25) is 0 Å². The highest BCUT2D eigenvalue weighted by molar-refractivity contribution is 7.80. The van der Waals surface area contributed by atoms with Gasteiger partial charge in [0.05, 0.1) is 14.2 Å². The molecule has 0 radical (unpaired) electrons. The molecule has 2 nitrogen and oxygen atoms in total. The average Bonchev–Trinajstić information content (AvgIpc) is 2.97. The van der Waals surface area contributed by atoms with Crippen LogP contribution < -0.4 is 25.4 Å². The second-order valence-electron chi connectivity index (χ2n) is 8.91. The van der Waals surface area contributed by atoms with Crippen LogP contribution in [0.1, 0.15) is 0 Å².